The minimum Gasteiger partial charge on any atom is -0.235 e. The minimum atomic E-state index is -1.13. The van der Waals surface area contributed by atoms with Crippen LogP contribution in [0.3, 0.4) is 0 Å². The van der Waals surface area contributed by atoms with Crippen LogP contribution in [0.15, 0.2) is 133 Å². The van der Waals surface area contributed by atoms with E-state index < -0.39 is 84.0 Å². The van der Waals surface area contributed by atoms with Crippen LogP contribution in [-0.2, 0) is 5.41 Å². The summed E-state index contributed by atoms with van der Waals surface area (Å²) < 4.78 is 160. The summed E-state index contributed by atoms with van der Waals surface area (Å²) in [6.07, 6.45) is 1.20. The number of nitrogens with zero attached hydrogens (tertiary/aromatic N) is 2. The Morgan fingerprint density at radius 3 is 2.28 bits per heavy atom. The van der Waals surface area contributed by atoms with Crippen LogP contribution in [-0.4, -0.2) is 9.97 Å². The Labute approximate surface area is 305 Å². The SMILES string of the molecule is [2H]c1c([2H])c(-c2ncnc3c2sc2ccc(-c4c([2H])c([2H])c5c(c4[2H])C(C)(C)c4c([2H])c([2H])c([2H])c([2H])c4-5)cc23)c([2H])c(-c2c([2H])c([2H])c([2H])c3c2sc2c([2H])c([2H])c([2H])c([2H])c23)c1[2H]. The molecule has 1 aliphatic carbocycles. The fourth-order valence-electron chi connectivity index (χ4n) is 6.30. The molecule has 10 rings (SSSR count). The standard InChI is InChI=1S/C43H28N2S2/c1-43(2)35-15-5-3-11-30(35)31-19-17-26(23-36(31)43)25-18-20-38-34(22-25)40-42(47-38)39(44-24-45-40)28-10-7-9-27(21-28)29-13-8-14-33-32-12-4-6-16-37(32)46-41(29)33/h3-24H,1-2H3/i3D,4D,5D,6D,7D,8D,9D,10D,11D,12D,13D,14D,15D,16D,17D,19D,21D,23D. The average molecular weight is 655 g/mol. The molecule has 4 heteroatoms. The fourth-order valence-corrected chi connectivity index (χ4v) is 8.51. The van der Waals surface area contributed by atoms with Crippen LogP contribution in [0.4, 0.5) is 0 Å². The number of fused-ring (bicyclic) bond motifs is 9. The Morgan fingerprint density at radius 1 is 0.553 bits per heavy atom. The second-order valence-corrected chi connectivity index (χ2v) is 13.7. The van der Waals surface area contributed by atoms with E-state index in [-0.39, 0.29) is 95.0 Å². The summed E-state index contributed by atoms with van der Waals surface area (Å²) in [5.41, 5.74) is -0.268. The van der Waals surface area contributed by atoms with Gasteiger partial charge in [-0.25, -0.2) is 9.97 Å². The van der Waals surface area contributed by atoms with Crippen LogP contribution in [0.5, 0.6) is 0 Å². The molecule has 3 heterocycles. The Morgan fingerprint density at radius 2 is 1.32 bits per heavy atom. The van der Waals surface area contributed by atoms with Gasteiger partial charge in [0.05, 0.1) is 40.6 Å². The Bertz CT molecular complexity index is 3740. The lowest BCUT2D eigenvalue weighted by Gasteiger charge is -2.22. The third-order valence-corrected chi connectivity index (χ3v) is 10.9. The van der Waals surface area contributed by atoms with Crippen LogP contribution in [0.1, 0.15) is 49.6 Å². The number of aromatic nitrogens is 2. The van der Waals surface area contributed by atoms with E-state index in [1.807, 2.05) is 0 Å². The largest absolute Gasteiger partial charge is 0.235 e. The highest BCUT2D eigenvalue weighted by molar-refractivity contribution is 7.26. The van der Waals surface area contributed by atoms with E-state index in [1.54, 1.807) is 32.0 Å². The van der Waals surface area contributed by atoms with E-state index in [9.17, 15) is 5.48 Å². The second-order valence-electron chi connectivity index (χ2n) is 11.6. The van der Waals surface area contributed by atoms with E-state index in [1.165, 1.54) is 17.7 Å². The maximum Gasteiger partial charge on any atom is 0.116 e. The lowest BCUT2D eigenvalue weighted by Crippen LogP contribution is -2.14. The molecular weight excluding hydrogens is 609 g/mol. The van der Waals surface area contributed by atoms with Crippen molar-refractivity contribution in [3.63, 3.8) is 0 Å². The third-order valence-electron chi connectivity index (χ3n) is 8.59. The molecule has 222 valence electrons. The van der Waals surface area contributed by atoms with Crippen molar-refractivity contribution in [2.24, 2.45) is 0 Å². The molecule has 0 fully saturated rings. The van der Waals surface area contributed by atoms with Crippen molar-refractivity contribution in [1.82, 2.24) is 9.97 Å². The van der Waals surface area contributed by atoms with Gasteiger partial charge in [-0.05, 0) is 74.8 Å². The van der Waals surface area contributed by atoms with Crippen molar-refractivity contribution < 1.29 is 24.7 Å². The quantitative estimate of drug-likeness (QED) is 0.189. The molecule has 9 aromatic rings. The van der Waals surface area contributed by atoms with E-state index in [2.05, 4.69) is 9.97 Å². The Hall–Kier alpha value is -5.16. The van der Waals surface area contributed by atoms with Gasteiger partial charge in [-0.3, -0.25) is 0 Å². The molecule has 0 aliphatic heterocycles. The van der Waals surface area contributed by atoms with Gasteiger partial charge in [0, 0.05) is 41.2 Å². The van der Waals surface area contributed by atoms with E-state index in [4.69, 9.17) is 19.2 Å². The summed E-state index contributed by atoms with van der Waals surface area (Å²) in [7, 11) is 0. The van der Waals surface area contributed by atoms with Crippen LogP contribution < -0.4 is 0 Å². The second kappa shape index (κ2) is 9.92. The highest BCUT2D eigenvalue weighted by atomic mass is 32.1. The number of benzene rings is 6. The zero-order chi connectivity index (χ0) is 46.9. The number of hydrogen-bond donors (Lipinski definition) is 0. The molecule has 3 aromatic heterocycles. The molecule has 1 aliphatic rings. The Balaban J connectivity index is 1.20. The fraction of sp³-hybridized carbons (Fsp3) is 0.0698. The highest BCUT2D eigenvalue weighted by Crippen LogP contribution is 2.50. The van der Waals surface area contributed by atoms with Gasteiger partial charge in [-0.1, -0.05) is 111 Å². The molecule has 0 unspecified atom stereocenters. The predicted molar refractivity (Wildman–Crippen MR) is 202 cm³/mol. The molecule has 0 saturated carbocycles. The van der Waals surface area contributed by atoms with Crippen LogP contribution in [0.25, 0.3) is 85.1 Å². The molecular formula is C43H28N2S2. The molecule has 0 N–H and O–H groups in total. The Kier molecular flexibility index (Phi) is 3.11. The minimum absolute atomic E-state index is 0.0391. The average Bonchev–Trinajstić information content (AvgIpc) is 3.93. The topological polar surface area (TPSA) is 25.8 Å². The van der Waals surface area contributed by atoms with Gasteiger partial charge in [0.25, 0.3) is 0 Å². The lowest BCUT2D eigenvalue weighted by molar-refractivity contribution is 0.660. The van der Waals surface area contributed by atoms with Crippen LogP contribution in [0, 0.1) is 0 Å². The first-order valence-corrected chi connectivity index (χ1v) is 16.2. The summed E-state index contributed by atoms with van der Waals surface area (Å²) in [5.74, 6) is 0. The number of thiophene rings is 2. The summed E-state index contributed by atoms with van der Waals surface area (Å²) in [6, 6.07) is -3.09. The van der Waals surface area contributed by atoms with Crippen molar-refractivity contribution in [3.8, 4) is 44.6 Å². The first-order valence-electron chi connectivity index (χ1n) is 23.5. The van der Waals surface area contributed by atoms with Crippen molar-refractivity contribution in [1.29, 1.82) is 0 Å². The van der Waals surface area contributed by atoms with E-state index >= 15 is 0 Å². The maximum absolute atomic E-state index is 9.59. The first-order chi connectivity index (χ1) is 30.6. The van der Waals surface area contributed by atoms with Crippen molar-refractivity contribution in [2.75, 3.05) is 0 Å². The lowest BCUT2D eigenvalue weighted by atomic mass is 9.81. The van der Waals surface area contributed by atoms with Gasteiger partial charge in [0.15, 0.2) is 0 Å². The third kappa shape index (κ3) is 3.95. The molecule has 0 amide bonds. The molecule has 0 radical (unpaired) electrons. The summed E-state index contributed by atoms with van der Waals surface area (Å²) >= 11 is 2.01. The first kappa shape index (κ1) is 14.7. The van der Waals surface area contributed by atoms with E-state index in [0.717, 1.165) is 11.3 Å². The van der Waals surface area contributed by atoms with Crippen LogP contribution >= 0.6 is 22.7 Å². The summed E-state index contributed by atoms with van der Waals surface area (Å²) in [6.45, 7) is 3.46. The highest BCUT2D eigenvalue weighted by Gasteiger charge is 2.35. The van der Waals surface area contributed by atoms with Gasteiger partial charge in [0.2, 0.25) is 0 Å². The molecule has 0 saturated heterocycles. The zero-order valence-corrected chi connectivity index (χ0v) is 26.2. The van der Waals surface area contributed by atoms with Gasteiger partial charge in [0.1, 0.15) is 6.33 Å². The predicted octanol–water partition coefficient (Wildman–Crippen LogP) is 12.5. The maximum atomic E-state index is 9.59. The number of rotatable bonds is 3. The van der Waals surface area contributed by atoms with Crippen molar-refractivity contribution in [2.45, 2.75) is 19.3 Å². The normalized spacial score (nSPS) is 18.9. The molecule has 47 heavy (non-hydrogen) atoms. The van der Waals surface area contributed by atoms with E-state index in [0.29, 0.717) is 31.4 Å². The monoisotopic (exact) mass is 654 g/mol. The molecule has 2 nitrogen and oxygen atoms in total. The smallest absolute Gasteiger partial charge is 0.116 e. The molecule has 0 bridgehead atoms. The van der Waals surface area contributed by atoms with Gasteiger partial charge < -0.3 is 0 Å². The van der Waals surface area contributed by atoms with Gasteiger partial charge in [-0.2, -0.15) is 0 Å². The zero-order valence-electron chi connectivity index (χ0n) is 42.5. The summed E-state index contributed by atoms with van der Waals surface area (Å²) in [4.78, 5) is 9.04. The molecule has 0 spiro atoms. The van der Waals surface area contributed by atoms with Gasteiger partial charge in [-0.15, -0.1) is 22.7 Å². The van der Waals surface area contributed by atoms with Crippen LogP contribution in [0.2, 0.25) is 0 Å². The number of hydrogen-bond acceptors (Lipinski definition) is 4. The molecule has 6 aromatic carbocycles. The van der Waals surface area contributed by atoms with Crippen molar-refractivity contribution in [3.05, 3.63) is 144 Å². The summed E-state index contributed by atoms with van der Waals surface area (Å²) in [5, 5.41) is 0.411. The molecule has 0 atom stereocenters. The van der Waals surface area contributed by atoms with Gasteiger partial charge >= 0.3 is 0 Å². The van der Waals surface area contributed by atoms with Crippen molar-refractivity contribution >= 4 is 63.1 Å².